The van der Waals surface area contributed by atoms with Gasteiger partial charge < -0.3 is 16.4 Å². The van der Waals surface area contributed by atoms with E-state index in [0.29, 0.717) is 12.1 Å². The van der Waals surface area contributed by atoms with E-state index in [4.69, 9.17) is 5.73 Å². The second-order valence-electron chi connectivity index (χ2n) is 7.00. The maximum absolute atomic E-state index is 13.4. The van der Waals surface area contributed by atoms with E-state index in [2.05, 4.69) is 22.5 Å². The number of anilines is 2. The number of pyridine rings is 1. The quantitative estimate of drug-likeness (QED) is 0.421. The predicted octanol–water partition coefficient (Wildman–Crippen LogP) is 5.58. The first-order valence-electron chi connectivity index (χ1n) is 9.83. The van der Waals surface area contributed by atoms with Crippen LogP contribution in [0.1, 0.15) is 41.8 Å². The molecule has 0 aliphatic carbocycles. The Morgan fingerprint density at radius 2 is 1.70 bits per heavy atom. The summed E-state index contributed by atoms with van der Waals surface area (Å²) in [7, 11) is 0. The number of halogens is 3. The minimum absolute atomic E-state index is 0.00206. The Morgan fingerprint density at radius 3 is 2.47 bits per heavy atom. The second-order valence-corrected chi connectivity index (χ2v) is 7.00. The predicted molar refractivity (Wildman–Crippen MR) is 114 cm³/mol. The standard InChI is InChI=1S/C23H25F3N4/c1-2-12-29-20-10-6-3-7-16(20)14-17-15-28-13-11-21(17)30-22(27)18-8-4-5-9-19(18)23(24,25)26/h3-11,13,15,22,29H,2,12,14,27H2,1H3,(H,28,30). The Hall–Kier alpha value is -3.06. The summed E-state index contributed by atoms with van der Waals surface area (Å²) in [6.07, 6.45) is -0.618. The fourth-order valence-corrected chi connectivity index (χ4v) is 3.29. The van der Waals surface area contributed by atoms with E-state index in [1.807, 2.05) is 24.3 Å². The van der Waals surface area contributed by atoms with Gasteiger partial charge in [0.25, 0.3) is 0 Å². The smallest absolute Gasteiger partial charge is 0.385 e. The molecule has 158 valence electrons. The number of rotatable bonds is 8. The average Bonchev–Trinajstić information content (AvgIpc) is 2.74. The highest BCUT2D eigenvalue weighted by Crippen LogP contribution is 2.34. The lowest BCUT2D eigenvalue weighted by atomic mass is 10.0. The van der Waals surface area contributed by atoms with E-state index in [-0.39, 0.29) is 5.56 Å². The zero-order valence-electron chi connectivity index (χ0n) is 16.7. The summed E-state index contributed by atoms with van der Waals surface area (Å²) >= 11 is 0. The minimum atomic E-state index is -4.47. The Bertz CT molecular complexity index is 972. The van der Waals surface area contributed by atoms with Crippen molar-refractivity contribution in [3.8, 4) is 0 Å². The lowest BCUT2D eigenvalue weighted by Crippen LogP contribution is -2.24. The maximum atomic E-state index is 13.4. The van der Waals surface area contributed by atoms with Crippen molar-refractivity contribution in [1.82, 2.24) is 4.98 Å². The number of alkyl halides is 3. The number of nitrogens with zero attached hydrogens (tertiary/aromatic N) is 1. The molecular weight excluding hydrogens is 389 g/mol. The molecule has 1 aromatic heterocycles. The monoisotopic (exact) mass is 414 g/mol. The van der Waals surface area contributed by atoms with E-state index in [0.717, 1.165) is 35.8 Å². The van der Waals surface area contributed by atoms with Crippen LogP contribution in [0.25, 0.3) is 0 Å². The summed E-state index contributed by atoms with van der Waals surface area (Å²) in [4.78, 5) is 4.19. The SMILES string of the molecule is CCCNc1ccccc1Cc1cnccc1NC(N)c1ccccc1C(F)(F)F. The molecule has 0 radical (unpaired) electrons. The molecule has 0 aliphatic heterocycles. The van der Waals surface area contributed by atoms with Crippen molar-refractivity contribution in [2.24, 2.45) is 5.73 Å². The molecule has 4 N–H and O–H groups in total. The summed E-state index contributed by atoms with van der Waals surface area (Å²) in [6.45, 7) is 2.95. The molecule has 0 amide bonds. The average molecular weight is 414 g/mol. The molecule has 0 bridgehead atoms. The Kier molecular flexibility index (Phi) is 6.95. The summed E-state index contributed by atoms with van der Waals surface area (Å²) < 4.78 is 40.1. The zero-order chi connectivity index (χ0) is 21.6. The van der Waals surface area contributed by atoms with Gasteiger partial charge in [-0.3, -0.25) is 4.98 Å². The minimum Gasteiger partial charge on any atom is -0.385 e. The summed E-state index contributed by atoms with van der Waals surface area (Å²) in [6, 6.07) is 15.0. The number of nitrogens with one attached hydrogen (secondary N) is 2. The zero-order valence-corrected chi connectivity index (χ0v) is 16.7. The summed E-state index contributed by atoms with van der Waals surface area (Å²) in [5, 5.41) is 6.44. The number of aromatic nitrogens is 1. The normalized spacial score (nSPS) is 12.4. The van der Waals surface area contributed by atoms with Crippen LogP contribution in [-0.2, 0) is 12.6 Å². The summed E-state index contributed by atoms with van der Waals surface area (Å²) in [5.74, 6) is 0. The second kappa shape index (κ2) is 9.63. The Balaban J connectivity index is 1.86. The number of hydrogen-bond acceptors (Lipinski definition) is 4. The van der Waals surface area contributed by atoms with E-state index in [9.17, 15) is 13.2 Å². The van der Waals surface area contributed by atoms with Crippen LogP contribution in [0, 0.1) is 0 Å². The van der Waals surface area contributed by atoms with E-state index in [1.54, 1.807) is 24.5 Å². The Morgan fingerprint density at radius 1 is 0.967 bits per heavy atom. The first-order chi connectivity index (χ1) is 14.4. The van der Waals surface area contributed by atoms with Crippen LogP contribution in [0.3, 0.4) is 0 Å². The van der Waals surface area contributed by atoms with E-state index >= 15 is 0 Å². The topological polar surface area (TPSA) is 63.0 Å². The van der Waals surface area contributed by atoms with Crippen LogP contribution in [-0.4, -0.2) is 11.5 Å². The molecule has 3 aromatic rings. The van der Waals surface area contributed by atoms with Crippen LogP contribution in [0.5, 0.6) is 0 Å². The van der Waals surface area contributed by atoms with Crippen LogP contribution in [0.15, 0.2) is 67.0 Å². The van der Waals surface area contributed by atoms with Gasteiger partial charge in [-0.25, -0.2) is 0 Å². The highest BCUT2D eigenvalue weighted by atomic mass is 19.4. The number of benzene rings is 2. The van der Waals surface area contributed by atoms with Crippen molar-refractivity contribution >= 4 is 11.4 Å². The molecule has 0 saturated heterocycles. The van der Waals surface area contributed by atoms with Crippen molar-refractivity contribution in [3.63, 3.8) is 0 Å². The van der Waals surface area contributed by atoms with Crippen molar-refractivity contribution in [3.05, 3.63) is 89.2 Å². The third-order valence-corrected chi connectivity index (χ3v) is 4.78. The van der Waals surface area contributed by atoms with Gasteiger partial charge in [-0.15, -0.1) is 0 Å². The number of hydrogen-bond donors (Lipinski definition) is 3. The van der Waals surface area contributed by atoms with Crippen molar-refractivity contribution in [1.29, 1.82) is 0 Å². The maximum Gasteiger partial charge on any atom is 0.416 e. The van der Waals surface area contributed by atoms with Gasteiger partial charge in [0.1, 0.15) is 6.17 Å². The fourth-order valence-electron chi connectivity index (χ4n) is 3.29. The molecule has 1 heterocycles. The van der Waals surface area contributed by atoms with Crippen molar-refractivity contribution in [2.45, 2.75) is 32.1 Å². The molecule has 2 aromatic carbocycles. The van der Waals surface area contributed by atoms with E-state index in [1.165, 1.54) is 12.1 Å². The molecule has 0 spiro atoms. The molecule has 4 nitrogen and oxygen atoms in total. The largest absolute Gasteiger partial charge is 0.416 e. The lowest BCUT2D eigenvalue weighted by molar-refractivity contribution is -0.138. The molecule has 7 heteroatoms. The fraction of sp³-hybridized carbons (Fsp3) is 0.261. The molecular formula is C23H25F3N4. The number of para-hydroxylation sites is 1. The van der Waals surface area contributed by atoms with Crippen molar-refractivity contribution < 1.29 is 13.2 Å². The van der Waals surface area contributed by atoms with E-state index < -0.39 is 17.9 Å². The van der Waals surface area contributed by atoms with Crippen LogP contribution in [0.4, 0.5) is 24.5 Å². The molecule has 0 aliphatic rings. The van der Waals surface area contributed by atoms with Gasteiger partial charge >= 0.3 is 6.18 Å². The summed E-state index contributed by atoms with van der Waals surface area (Å²) in [5.41, 5.74) is 9.00. The first-order valence-corrected chi connectivity index (χ1v) is 9.83. The van der Waals surface area contributed by atoms with Gasteiger partial charge in [0.05, 0.1) is 5.56 Å². The Labute approximate surface area is 174 Å². The molecule has 0 fully saturated rings. The number of nitrogens with two attached hydrogens (primary N) is 1. The third-order valence-electron chi connectivity index (χ3n) is 4.78. The van der Waals surface area contributed by atoms with Gasteiger partial charge in [0.2, 0.25) is 0 Å². The van der Waals surface area contributed by atoms with Gasteiger partial charge in [0.15, 0.2) is 0 Å². The van der Waals surface area contributed by atoms with Gasteiger partial charge in [-0.2, -0.15) is 13.2 Å². The highest BCUT2D eigenvalue weighted by molar-refractivity contribution is 5.58. The molecule has 30 heavy (non-hydrogen) atoms. The van der Waals surface area contributed by atoms with Gasteiger partial charge in [0, 0.05) is 42.3 Å². The highest BCUT2D eigenvalue weighted by Gasteiger charge is 2.34. The third kappa shape index (κ3) is 5.30. The van der Waals surface area contributed by atoms with Crippen LogP contribution in [0.2, 0.25) is 0 Å². The molecule has 1 atom stereocenters. The van der Waals surface area contributed by atoms with Crippen LogP contribution < -0.4 is 16.4 Å². The van der Waals surface area contributed by atoms with Gasteiger partial charge in [-0.1, -0.05) is 43.3 Å². The van der Waals surface area contributed by atoms with Gasteiger partial charge in [-0.05, 0) is 35.7 Å². The molecule has 1 unspecified atom stereocenters. The van der Waals surface area contributed by atoms with Crippen LogP contribution >= 0.6 is 0 Å². The first kappa shape index (κ1) is 21.6. The molecule has 0 saturated carbocycles. The lowest BCUT2D eigenvalue weighted by Gasteiger charge is -2.22. The molecule has 3 rings (SSSR count). The van der Waals surface area contributed by atoms with Crippen molar-refractivity contribution in [2.75, 3.05) is 17.2 Å².